The number of carbonyl (C=O) groups is 1. The van der Waals surface area contributed by atoms with Crippen molar-refractivity contribution in [2.45, 2.75) is 12.2 Å². The van der Waals surface area contributed by atoms with Crippen LogP contribution in [0, 0.1) is 0 Å². The minimum atomic E-state index is -3.20. The van der Waals surface area contributed by atoms with Crippen LogP contribution >= 0.6 is 0 Å². The van der Waals surface area contributed by atoms with Crippen molar-refractivity contribution < 1.29 is 17.6 Å². The fourth-order valence-electron chi connectivity index (χ4n) is 2.36. The Morgan fingerprint density at radius 2 is 1.83 bits per heavy atom. The maximum atomic E-state index is 12.6. The predicted molar refractivity (Wildman–Crippen MR) is 92.4 cm³/mol. The lowest BCUT2D eigenvalue weighted by Gasteiger charge is -2.21. The molecule has 0 radical (unpaired) electrons. The van der Waals surface area contributed by atoms with Gasteiger partial charge in [-0.25, -0.2) is 8.42 Å². The molecule has 0 bridgehead atoms. The molecular weight excluding hydrogens is 328 g/mol. The lowest BCUT2D eigenvalue weighted by molar-refractivity contribution is 0.0728. The van der Waals surface area contributed by atoms with E-state index in [1.807, 2.05) is 30.3 Å². The first-order valence-corrected chi connectivity index (χ1v) is 9.75. The molecule has 0 aliphatic heterocycles. The molecule has 0 aliphatic rings. The van der Waals surface area contributed by atoms with Crippen LogP contribution in [-0.2, 0) is 22.0 Å². The van der Waals surface area contributed by atoms with Gasteiger partial charge in [-0.2, -0.15) is 0 Å². The van der Waals surface area contributed by atoms with Gasteiger partial charge < -0.3 is 15.1 Å². The second kappa shape index (κ2) is 8.12. The summed E-state index contributed by atoms with van der Waals surface area (Å²) in [5, 5.41) is 0. The first kappa shape index (κ1) is 18.2. The number of benzene rings is 1. The maximum absolute atomic E-state index is 12.6. The number of nitrogens with zero attached hydrogens (tertiary/aromatic N) is 1. The molecule has 2 rings (SSSR count). The highest BCUT2D eigenvalue weighted by Crippen LogP contribution is 2.14. The van der Waals surface area contributed by atoms with Crippen LogP contribution in [0.3, 0.4) is 0 Å². The highest BCUT2D eigenvalue weighted by atomic mass is 32.2. The Kier molecular flexibility index (Phi) is 6.16. The van der Waals surface area contributed by atoms with Gasteiger partial charge >= 0.3 is 0 Å². The van der Waals surface area contributed by atoms with Gasteiger partial charge in [0.25, 0.3) is 5.91 Å². The third-order valence-corrected chi connectivity index (χ3v) is 4.29. The molecule has 1 amide bonds. The molecule has 1 aromatic heterocycles. The van der Waals surface area contributed by atoms with Crippen molar-refractivity contribution in [1.82, 2.24) is 4.90 Å². The van der Waals surface area contributed by atoms with Gasteiger partial charge in [0.2, 0.25) is 0 Å². The summed E-state index contributed by atoms with van der Waals surface area (Å²) in [7, 11) is -3.20. The van der Waals surface area contributed by atoms with Gasteiger partial charge in [-0.3, -0.25) is 4.79 Å². The second-order valence-electron chi connectivity index (χ2n) is 5.65. The van der Waals surface area contributed by atoms with E-state index in [0.717, 1.165) is 11.8 Å². The lowest BCUT2D eigenvalue weighted by atomic mass is 10.1. The molecule has 0 fully saturated rings. The summed E-state index contributed by atoms with van der Waals surface area (Å²) in [4.78, 5) is 14.2. The Morgan fingerprint density at radius 3 is 2.46 bits per heavy atom. The number of nitrogens with two attached hydrogens (primary N) is 1. The van der Waals surface area contributed by atoms with Crippen molar-refractivity contribution in [2.75, 3.05) is 25.9 Å². The zero-order valence-electron chi connectivity index (χ0n) is 13.6. The number of sulfone groups is 1. The molecule has 1 heterocycles. The molecule has 1 aromatic carbocycles. The van der Waals surface area contributed by atoms with E-state index in [9.17, 15) is 13.2 Å². The molecule has 7 heteroatoms. The van der Waals surface area contributed by atoms with Crippen molar-refractivity contribution in [3.63, 3.8) is 0 Å². The summed E-state index contributed by atoms with van der Waals surface area (Å²) < 4.78 is 28.0. The summed E-state index contributed by atoms with van der Waals surface area (Å²) in [6, 6.07) is 12.9. The average Bonchev–Trinajstić information content (AvgIpc) is 2.98. The summed E-state index contributed by atoms with van der Waals surface area (Å²) in [5.74, 6) is -0.107. The van der Waals surface area contributed by atoms with Crippen LogP contribution in [0.25, 0.3) is 0 Å². The summed E-state index contributed by atoms with van der Waals surface area (Å²) in [6.07, 6.45) is 1.83. The fourth-order valence-corrected chi connectivity index (χ4v) is 3.04. The Morgan fingerprint density at radius 1 is 1.12 bits per heavy atom. The maximum Gasteiger partial charge on any atom is 0.289 e. The van der Waals surface area contributed by atoms with E-state index in [0.29, 0.717) is 26.1 Å². The van der Waals surface area contributed by atoms with Crippen molar-refractivity contribution in [3.05, 3.63) is 59.5 Å². The van der Waals surface area contributed by atoms with E-state index in [2.05, 4.69) is 0 Å². The smallest absolute Gasteiger partial charge is 0.289 e. The number of hydrogen-bond donors (Lipinski definition) is 1. The number of amides is 1. The lowest BCUT2D eigenvalue weighted by Crippen LogP contribution is -2.36. The van der Waals surface area contributed by atoms with Gasteiger partial charge in [0.1, 0.15) is 11.5 Å². The molecule has 0 atom stereocenters. The van der Waals surface area contributed by atoms with E-state index >= 15 is 0 Å². The summed E-state index contributed by atoms with van der Waals surface area (Å²) in [5.41, 5.74) is 6.73. The van der Waals surface area contributed by atoms with E-state index in [1.54, 1.807) is 4.90 Å². The van der Waals surface area contributed by atoms with Gasteiger partial charge in [0.15, 0.2) is 15.6 Å². The van der Waals surface area contributed by atoms with Crippen molar-refractivity contribution in [2.24, 2.45) is 5.73 Å². The quantitative estimate of drug-likeness (QED) is 0.778. The Bertz CT molecular complexity index is 769. The number of furan rings is 1. The van der Waals surface area contributed by atoms with E-state index in [1.165, 1.54) is 12.1 Å². The van der Waals surface area contributed by atoms with Crippen LogP contribution in [0.4, 0.5) is 0 Å². The Hall–Kier alpha value is -2.12. The van der Waals surface area contributed by atoms with Gasteiger partial charge in [0.05, 0.1) is 0 Å². The van der Waals surface area contributed by atoms with Gasteiger partial charge in [0, 0.05) is 25.9 Å². The third-order valence-electron chi connectivity index (χ3n) is 3.48. The molecule has 0 spiro atoms. The van der Waals surface area contributed by atoms with Crippen LogP contribution in [0.2, 0.25) is 0 Å². The molecule has 6 nitrogen and oxygen atoms in total. The average molecular weight is 350 g/mol. The largest absolute Gasteiger partial charge is 0.455 e. The fraction of sp³-hybridized carbons (Fsp3) is 0.353. The summed E-state index contributed by atoms with van der Waals surface area (Å²) in [6.45, 7) is 1.27. The third kappa shape index (κ3) is 5.50. The minimum absolute atomic E-state index is 0.134. The predicted octanol–water partition coefficient (Wildman–Crippen LogP) is 1.47. The van der Waals surface area contributed by atoms with Crippen molar-refractivity contribution in [3.8, 4) is 0 Å². The van der Waals surface area contributed by atoms with E-state index < -0.39 is 9.84 Å². The number of hydrogen-bond acceptors (Lipinski definition) is 5. The molecule has 2 aromatic rings. The minimum Gasteiger partial charge on any atom is -0.455 e. The van der Waals surface area contributed by atoms with Crippen LogP contribution in [0.15, 0.2) is 46.9 Å². The van der Waals surface area contributed by atoms with Crippen LogP contribution in [0.1, 0.15) is 21.9 Å². The topological polar surface area (TPSA) is 93.6 Å². The van der Waals surface area contributed by atoms with Gasteiger partial charge in [-0.1, -0.05) is 30.3 Å². The Labute approximate surface area is 142 Å². The highest BCUT2D eigenvalue weighted by molar-refractivity contribution is 7.89. The standard InChI is InChI=1S/C17H22N2O4S/c1-24(21,22)13-15-7-8-16(23-15)17(20)19(12-10-18)11-9-14-5-3-2-4-6-14/h2-8H,9-13,18H2,1H3. The monoisotopic (exact) mass is 350 g/mol. The number of carbonyl (C=O) groups excluding carboxylic acids is 1. The zero-order chi connectivity index (χ0) is 17.6. The van der Waals surface area contributed by atoms with Crippen LogP contribution < -0.4 is 5.73 Å². The molecule has 0 saturated carbocycles. The van der Waals surface area contributed by atoms with Gasteiger partial charge in [-0.05, 0) is 24.1 Å². The molecular formula is C17H22N2O4S. The molecule has 0 unspecified atom stereocenters. The van der Waals surface area contributed by atoms with Gasteiger partial charge in [-0.15, -0.1) is 0 Å². The highest BCUT2D eigenvalue weighted by Gasteiger charge is 2.19. The first-order valence-electron chi connectivity index (χ1n) is 7.69. The normalized spacial score (nSPS) is 11.4. The molecule has 130 valence electrons. The van der Waals surface area contributed by atoms with Crippen molar-refractivity contribution >= 4 is 15.7 Å². The first-order chi connectivity index (χ1) is 11.4. The van der Waals surface area contributed by atoms with Crippen molar-refractivity contribution in [1.29, 1.82) is 0 Å². The van der Waals surface area contributed by atoms with E-state index in [4.69, 9.17) is 10.2 Å². The van der Waals surface area contributed by atoms with Crippen LogP contribution in [-0.4, -0.2) is 45.1 Å². The zero-order valence-corrected chi connectivity index (χ0v) is 14.5. The molecule has 0 saturated heterocycles. The number of rotatable bonds is 8. The second-order valence-corrected chi connectivity index (χ2v) is 7.79. The van der Waals surface area contributed by atoms with E-state index in [-0.39, 0.29) is 23.2 Å². The van der Waals surface area contributed by atoms with Crippen LogP contribution in [0.5, 0.6) is 0 Å². The SMILES string of the molecule is CS(=O)(=O)Cc1ccc(C(=O)N(CCN)CCc2ccccc2)o1. The Balaban J connectivity index is 2.05. The molecule has 0 aliphatic carbocycles. The molecule has 24 heavy (non-hydrogen) atoms. The summed E-state index contributed by atoms with van der Waals surface area (Å²) >= 11 is 0. The molecule has 2 N–H and O–H groups in total.